The maximum absolute atomic E-state index is 12.1. The Labute approximate surface area is 143 Å². The third kappa shape index (κ3) is 4.43. The van der Waals surface area contributed by atoms with Crippen LogP contribution in [0.15, 0.2) is 34.7 Å². The minimum atomic E-state index is -0.942. The number of carbonyl (C=O) groups is 2. The van der Waals surface area contributed by atoms with E-state index < -0.39 is 29.3 Å². The first-order chi connectivity index (χ1) is 12.0. The second kappa shape index (κ2) is 8.09. The van der Waals surface area contributed by atoms with Gasteiger partial charge in [-0.25, -0.2) is 4.79 Å². The molecule has 25 heavy (non-hydrogen) atoms. The number of benzene rings is 1. The monoisotopic (exact) mass is 346 g/mol. The normalized spacial score (nSPS) is 10.3. The average Bonchev–Trinajstić information content (AvgIpc) is 3.10. The van der Waals surface area contributed by atoms with Crippen LogP contribution >= 0.6 is 0 Å². The van der Waals surface area contributed by atoms with Crippen molar-refractivity contribution in [2.24, 2.45) is 0 Å². The third-order valence-corrected chi connectivity index (χ3v) is 3.57. The van der Waals surface area contributed by atoms with Gasteiger partial charge >= 0.3 is 11.9 Å². The number of nitro groups is 1. The zero-order valence-corrected chi connectivity index (χ0v) is 13.9. The lowest BCUT2D eigenvalue weighted by Gasteiger charge is -2.14. The highest BCUT2D eigenvalue weighted by atomic mass is 16.7. The van der Waals surface area contributed by atoms with Crippen molar-refractivity contribution in [1.29, 1.82) is 0 Å². The number of para-hydroxylation sites is 1. The van der Waals surface area contributed by atoms with Gasteiger partial charge < -0.3 is 14.5 Å². The van der Waals surface area contributed by atoms with E-state index in [2.05, 4.69) is 5.32 Å². The van der Waals surface area contributed by atoms with Crippen LogP contribution in [0.1, 0.15) is 35.5 Å². The van der Waals surface area contributed by atoms with Crippen LogP contribution in [0.4, 0.5) is 11.6 Å². The number of hydrogen-bond donors (Lipinski definition) is 1. The standard InChI is InChI=1S/C17H18N2O6/c1-3-11-6-5-7-12(4-2)16(11)18-14(20)10-24-17(21)13-8-9-15(25-13)19(22)23/h5-9H,3-4,10H2,1-2H3,(H,18,20). The summed E-state index contributed by atoms with van der Waals surface area (Å²) in [6.45, 7) is 3.44. The first-order valence-electron chi connectivity index (χ1n) is 7.78. The van der Waals surface area contributed by atoms with Gasteiger partial charge in [0.2, 0.25) is 5.76 Å². The van der Waals surface area contributed by atoms with Crippen LogP contribution in [0.25, 0.3) is 0 Å². The first-order valence-corrected chi connectivity index (χ1v) is 7.78. The summed E-state index contributed by atoms with van der Waals surface area (Å²) in [6, 6.07) is 7.93. The highest BCUT2D eigenvalue weighted by Gasteiger charge is 2.19. The summed E-state index contributed by atoms with van der Waals surface area (Å²) in [7, 11) is 0. The molecule has 2 rings (SSSR count). The van der Waals surface area contributed by atoms with Crippen molar-refractivity contribution in [3.8, 4) is 0 Å². The Balaban J connectivity index is 1.99. The molecule has 1 heterocycles. The molecule has 8 nitrogen and oxygen atoms in total. The van der Waals surface area contributed by atoms with Crippen LogP contribution in [0, 0.1) is 10.1 Å². The SMILES string of the molecule is CCc1cccc(CC)c1NC(=O)COC(=O)c1ccc([N+](=O)[O-])o1. The number of rotatable bonds is 7. The molecule has 132 valence electrons. The van der Waals surface area contributed by atoms with Gasteiger partial charge in [0.25, 0.3) is 5.91 Å². The maximum atomic E-state index is 12.1. The van der Waals surface area contributed by atoms with E-state index in [4.69, 9.17) is 9.15 Å². The highest BCUT2D eigenvalue weighted by Crippen LogP contribution is 2.22. The molecule has 1 aromatic carbocycles. The van der Waals surface area contributed by atoms with Gasteiger partial charge in [-0.2, -0.15) is 0 Å². The largest absolute Gasteiger partial charge is 0.450 e. The smallest absolute Gasteiger partial charge is 0.433 e. The molecule has 0 aliphatic carbocycles. The zero-order chi connectivity index (χ0) is 18.4. The van der Waals surface area contributed by atoms with Gasteiger partial charge in [0.15, 0.2) is 6.61 Å². The number of nitrogens with one attached hydrogen (secondary N) is 1. The van der Waals surface area contributed by atoms with E-state index in [0.717, 1.165) is 41.8 Å². The zero-order valence-electron chi connectivity index (χ0n) is 13.9. The summed E-state index contributed by atoms with van der Waals surface area (Å²) >= 11 is 0. The lowest BCUT2D eigenvalue weighted by Crippen LogP contribution is -2.22. The fraction of sp³-hybridized carbons (Fsp3) is 0.294. The lowest BCUT2D eigenvalue weighted by atomic mass is 10.0. The van der Waals surface area contributed by atoms with E-state index in [1.807, 2.05) is 32.0 Å². The molecule has 2 aromatic rings. The lowest BCUT2D eigenvalue weighted by molar-refractivity contribution is -0.402. The van der Waals surface area contributed by atoms with Gasteiger partial charge in [0.05, 0.1) is 6.07 Å². The molecule has 0 unspecified atom stereocenters. The Kier molecular flexibility index (Phi) is 5.89. The molecule has 0 radical (unpaired) electrons. The molecule has 0 atom stereocenters. The van der Waals surface area contributed by atoms with Gasteiger partial charge in [-0.15, -0.1) is 0 Å². The molecule has 0 saturated carbocycles. The molecule has 1 amide bonds. The van der Waals surface area contributed by atoms with Crippen LogP contribution in [0.2, 0.25) is 0 Å². The van der Waals surface area contributed by atoms with Crippen LogP contribution in [0.5, 0.6) is 0 Å². The van der Waals surface area contributed by atoms with Crippen molar-refractivity contribution in [3.05, 3.63) is 57.3 Å². The Morgan fingerprint density at radius 3 is 2.32 bits per heavy atom. The minimum absolute atomic E-state index is 0.331. The Bertz CT molecular complexity index is 774. The number of carbonyl (C=O) groups excluding carboxylic acids is 2. The summed E-state index contributed by atoms with van der Waals surface area (Å²) in [4.78, 5) is 33.6. The topological polar surface area (TPSA) is 112 Å². The quantitative estimate of drug-likeness (QED) is 0.468. The van der Waals surface area contributed by atoms with E-state index in [-0.39, 0.29) is 5.76 Å². The van der Waals surface area contributed by atoms with E-state index in [1.54, 1.807) is 0 Å². The molecule has 0 saturated heterocycles. The minimum Gasteiger partial charge on any atom is -0.450 e. The van der Waals surface area contributed by atoms with Crippen molar-refractivity contribution in [2.45, 2.75) is 26.7 Å². The number of amides is 1. The molecule has 8 heteroatoms. The van der Waals surface area contributed by atoms with Crippen LogP contribution in [-0.2, 0) is 22.4 Å². The van der Waals surface area contributed by atoms with Crippen molar-refractivity contribution >= 4 is 23.4 Å². The number of esters is 1. The summed E-state index contributed by atoms with van der Waals surface area (Å²) in [5, 5.41) is 13.3. The van der Waals surface area contributed by atoms with Crippen LogP contribution < -0.4 is 5.32 Å². The summed E-state index contributed by atoms with van der Waals surface area (Å²) in [6.07, 6.45) is 1.50. The Morgan fingerprint density at radius 1 is 1.16 bits per heavy atom. The molecule has 0 fully saturated rings. The molecule has 0 bridgehead atoms. The molecular formula is C17H18N2O6. The number of ether oxygens (including phenoxy) is 1. The number of anilines is 1. The summed E-state index contributed by atoms with van der Waals surface area (Å²) in [5.74, 6) is -2.34. The van der Waals surface area contributed by atoms with E-state index in [0.29, 0.717) is 0 Å². The van der Waals surface area contributed by atoms with Gasteiger partial charge in [0, 0.05) is 5.69 Å². The number of furan rings is 1. The van der Waals surface area contributed by atoms with Gasteiger partial charge in [-0.3, -0.25) is 14.9 Å². The van der Waals surface area contributed by atoms with E-state index in [9.17, 15) is 19.7 Å². The van der Waals surface area contributed by atoms with Crippen LogP contribution in [0.3, 0.4) is 0 Å². The molecule has 1 aromatic heterocycles. The predicted octanol–water partition coefficient (Wildman–Crippen LogP) is 3.11. The predicted molar refractivity (Wildman–Crippen MR) is 89.5 cm³/mol. The first kappa shape index (κ1) is 18.2. The Hall–Kier alpha value is -3.16. The summed E-state index contributed by atoms with van der Waals surface area (Å²) in [5.41, 5.74) is 2.70. The van der Waals surface area contributed by atoms with E-state index in [1.165, 1.54) is 0 Å². The van der Waals surface area contributed by atoms with Crippen molar-refractivity contribution in [2.75, 3.05) is 11.9 Å². The average molecular weight is 346 g/mol. The van der Waals surface area contributed by atoms with Crippen LogP contribution in [-0.4, -0.2) is 23.4 Å². The van der Waals surface area contributed by atoms with Gasteiger partial charge in [-0.1, -0.05) is 32.0 Å². The van der Waals surface area contributed by atoms with Gasteiger partial charge in [0.1, 0.15) is 4.92 Å². The number of hydrogen-bond acceptors (Lipinski definition) is 6. The highest BCUT2D eigenvalue weighted by molar-refractivity contribution is 5.95. The van der Waals surface area contributed by atoms with Crippen molar-refractivity contribution in [1.82, 2.24) is 0 Å². The summed E-state index contributed by atoms with van der Waals surface area (Å²) < 4.78 is 9.56. The van der Waals surface area contributed by atoms with E-state index >= 15 is 0 Å². The van der Waals surface area contributed by atoms with Crippen molar-refractivity contribution < 1.29 is 23.7 Å². The fourth-order valence-corrected chi connectivity index (χ4v) is 2.32. The molecule has 0 aliphatic heterocycles. The van der Waals surface area contributed by atoms with Crippen molar-refractivity contribution in [3.63, 3.8) is 0 Å². The molecule has 1 N–H and O–H groups in total. The maximum Gasteiger partial charge on any atom is 0.433 e. The third-order valence-electron chi connectivity index (χ3n) is 3.57. The number of nitrogens with zero attached hydrogens (tertiary/aromatic N) is 1. The second-order valence-electron chi connectivity index (χ2n) is 5.18. The van der Waals surface area contributed by atoms with Gasteiger partial charge in [-0.05, 0) is 30.0 Å². The molecule has 0 spiro atoms. The number of aryl methyl sites for hydroxylation is 2. The fourth-order valence-electron chi connectivity index (χ4n) is 2.32. The molecular weight excluding hydrogens is 328 g/mol. The second-order valence-corrected chi connectivity index (χ2v) is 5.18. The molecule has 0 aliphatic rings. The Morgan fingerprint density at radius 2 is 1.80 bits per heavy atom.